The van der Waals surface area contributed by atoms with Gasteiger partial charge in [0.25, 0.3) is 5.91 Å². The maximum Gasteiger partial charge on any atom is 0.260 e. The molecular formula is C14H20N2O3S. The maximum absolute atomic E-state index is 11.9. The van der Waals surface area contributed by atoms with Crippen molar-refractivity contribution in [2.24, 2.45) is 11.8 Å². The molecule has 1 aromatic rings. The minimum absolute atomic E-state index is 0.0706. The second-order valence-electron chi connectivity index (χ2n) is 5.58. The Labute approximate surface area is 123 Å². The van der Waals surface area contributed by atoms with Crippen LogP contribution in [0.25, 0.3) is 0 Å². The van der Waals surface area contributed by atoms with Gasteiger partial charge in [0.2, 0.25) is 5.88 Å². The maximum atomic E-state index is 11.9. The summed E-state index contributed by atoms with van der Waals surface area (Å²) in [6.45, 7) is 3.68. The molecule has 3 heterocycles. The van der Waals surface area contributed by atoms with E-state index in [1.807, 2.05) is 10.3 Å². The molecule has 0 unspecified atom stereocenters. The van der Waals surface area contributed by atoms with E-state index in [2.05, 4.69) is 4.37 Å². The molecule has 0 saturated carbocycles. The highest BCUT2D eigenvalue weighted by atomic mass is 32.1. The topological polar surface area (TPSA) is 51.7 Å². The Morgan fingerprint density at radius 1 is 1.40 bits per heavy atom. The fourth-order valence-electron chi connectivity index (χ4n) is 2.88. The molecule has 2 aliphatic heterocycles. The third kappa shape index (κ3) is 3.49. The number of rotatable bonds is 5. The summed E-state index contributed by atoms with van der Waals surface area (Å²) in [5.41, 5.74) is 0. The van der Waals surface area contributed by atoms with Crippen LogP contribution in [0.1, 0.15) is 19.3 Å². The number of hydrogen-bond donors (Lipinski definition) is 0. The molecule has 0 aliphatic carbocycles. The van der Waals surface area contributed by atoms with Gasteiger partial charge in [0.1, 0.15) is 0 Å². The lowest BCUT2D eigenvalue weighted by molar-refractivity contribution is -0.140. The van der Waals surface area contributed by atoms with Crippen molar-refractivity contribution in [1.82, 2.24) is 9.27 Å². The monoisotopic (exact) mass is 296 g/mol. The number of aromatic nitrogens is 1. The molecule has 6 heteroatoms. The van der Waals surface area contributed by atoms with Crippen molar-refractivity contribution in [2.75, 3.05) is 32.9 Å². The van der Waals surface area contributed by atoms with Gasteiger partial charge in [-0.2, -0.15) is 4.37 Å². The van der Waals surface area contributed by atoms with Gasteiger partial charge < -0.3 is 14.4 Å². The number of hydrogen-bond acceptors (Lipinski definition) is 5. The van der Waals surface area contributed by atoms with Crippen LogP contribution >= 0.6 is 11.5 Å². The van der Waals surface area contributed by atoms with E-state index in [1.165, 1.54) is 30.8 Å². The Balaban J connectivity index is 1.33. The lowest BCUT2D eigenvalue weighted by Crippen LogP contribution is -2.52. The Bertz CT molecular complexity index is 426. The van der Waals surface area contributed by atoms with Crippen molar-refractivity contribution in [3.63, 3.8) is 0 Å². The SMILES string of the molecule is O=C(COc1ccsn1)N1CC(CC2CCOCC2)C1. The summed E-state index contributed by atoms with van der Waals surface area (Å²) < 4.78 is 14.7. The lowest BCUT2D eigenvalue weighted by Gasteiger charge is -2.41. The van der Waals surface area contributed by atoms with E-state index < -0.39 is 0 Å². The van der Waals surface area contributed by atoms with Gasteiger partial charge in [0.05, 0.1) is 0 Å². The summed E-state index contributed by atoms with van der Waals surface area (Å²) in [5, 5.41) is 1.84. The Hall–Kier alpha value is -1.14. The van der Waals surface area contributed by atoms with Crippen molar-refractivity contribution in [3.05, 3.63) is 11.4 Å². The first kappa shape index (κ1) is 13.8. The number of ether oxygens (including phenoxy) is 2. The van der Waals surface area contributed by atoms with Gasteiger partial charge in [-0.1, -0.05) is 0 Å². The van der Waals surface area contributed by atoms with Gasteiger partial charge >= 0.3 is 0 Å². The van der Waals surface area contributed by atoms with Crippen molar-refractivity contribution in [1.29, 1.82) is 0 Å². The fourth-order valence-corrected chi connectivity index (χ4v) is 3.33. The zero-order valence-electron chi connectivity index (χ0n) is 11.5. The van der Waals surface area contributed by atoms with Crippen molar-refractivity contribution < 1.29 is 14.3 Å². The first-order valence-electron chi connectivity index (χ1n) is 7.20. The van der Waals surface area contributed by atoms with E-state index in [9.17, 15) is 4.79 Å². The predicted molar refractivity (Wildman–Crippen MR) is 75.8 cm³/mol. The minimum atomic E-state index is 0.0706. The second kappa shape index (κ2) is 6.54. The number of nitrogens with zero attached hydrogens (tertiary/aromatic N) is 2. The number of carbonyl (C=O) groups is 1. The molecule has 0 atom stereocenters. The van der Waals surface area contributed by atoms with Crippen LogP contribution < -0.4 is 4.74 Å². The van der Waals surface area contributed by atoms with Crippen LogP contribution in [0.3, 0.4) is 0 Å². The second-order valence-corrected chi connectivity index (χ2v) is 6.25. The van der Waals surface area contributed by atoms with E-state index in [1.54, 1.807) is 6.07 Å². The first-order valence-corrected chi connectivity index (χ1v) is 8.03. The van der Waals surface area contributed by atoms with Gasteiger partial charge in [-0.15, -0.1) is 0 Å². The molecule has 110 valence electrons. The van der Waals surface area contributed by atoms with E-state index in [-0.39, 0.29) is 12.5 Å². The molecule has 1 amide bonds. The molecule has 2 fully saturated rings. The van der Waals surface area contributed by atoms with Crippen LogP contribution in [0.4, 0.5) is 0 Å². The molecule has 2 saturated heterocycles. The Morgan fingerprint density at radius 3 is 2.90 bits per heavy atom. The summed E-state index contributed by atoms with van der Waals surface area (Å²) in [5.74, 6) is 2.07. The van der Waals surface area contributed by atoms with E-state index >= 15 is 0 Å². The van der Waals surface area contributed by atoms with Crippen LogP contribution in [0.15, 0.2) is 11.4 Å². The molecule has 20 heavy (non-hydrogen) atoms. The normalized spacial score (nSPS) is 20.7. The Kier molecular flexibility index (Phi) is 4.52. The van der Waals surface area contributed by atoms with E-state index in [0.717, 1.165) is 32.2 Å². The minimum Gasteiger partial charge on any atom is -0.467 e. The summed E-state index contributed by atoms with van der Waals surface area (Å²) in [6.07, 6.45) is 3.59. The van der Waals surface area contributed by atoms with E-state index in [4.69, 9.17) is 9.47 Å². The third-order valence-electron chi connectivity index (χ3n) is 4.08. The van der Waals surface area contributed by atoms with Crippen molar-refractivity contribution in [2.45, 2.75) is 19.3 Å². The van der Waals surface area contributed by atoms with Gasteiger partial charge in [-0.25, -0.2) is 0 Å². The molecule has 2 aliphatic rings. The number of likely N-dealkylation sites (tertiary alicyclic amines) is 1. The van der Waals surface area contributed by atoms with Gasteiger partial charge in [0.15, 0.2) is 6.61 Å². The molecule has 1 aromatic heterocycles. The van der Waals surface area contributed by atoms with E-state index in [0.29, 0.717) is 11.8 Å². The number of amides is 1. The lowest BCUT2D eigenvalue weighted by atomic mass is 9.85. The fraction of sp³-hybridized carbons (Fsp3) is 0.714. The summed E-state index contributed by atoms with van der Waals surface area (Å²) in [4.78, 5) is 13.8. The van der Waals surface area contributed by atoms with Crippen molar-refractivity contribution >= 4 is 17.4 Å². The van der Waals surface area contributed by atoms with Crippen LogP contribution in [-0.4, -0.2) is 48.1 Å². The van der Waals surface area contributed by atoms with Crippen molar-refractivity contribution in [3.8, 4) is 5.88 Å². The summed E-state index contributed by atoms with van der Waals surface area (Å²) in [7, 11) is 0. The van der Waals surface area contributed by atoms with Gasteiger partial charge in [-0.3, -0.25) is 4.79 Å². The predicted octanol–water partition coefficient (Wildman–Crippen LogP) is 1.80. The third-order valence-corrected chi connectivity index (χ3v) is 4.62. The average molecular weight is 296 g/mol. The van der Waals surface area contributed by atoms with Crippen LogP contribution in [0.5, 0.6) is 5.88 Å². The highest BCUT2D eigenvalue weighted by Gasteiger charge is 2.32. The molecule has 0 spiro atoms. The quantitative estimate of drug-likeness (QED) is 0.831. The molecule has 0 radical (unpaired) electrons. The highest BCUT2D eigenvalue weighted by Crippen LogP contribution is 2.28. The summed E-state index contributed by atoms with van der Waals surface area (Å²) >= 11 is 1.33. The average Bonchev–Trinajstić information content (AvgIpc) is 2.94. The molecule has 0 bridgehead atoms. The van der Waals surface area contributed by atoms with Crippen LogP contribution in [0, 0.1) is 11.8 Å². The standard InChI is InChI=1S/C14H20N2O3S/c17-14(10-19-13-3-6-20-15-13)16-8-12(9-16)7-11-1-4-18-5-2-11/h3,6,11-12H,1-2,4-5,7-10H2. The van der Waals surface area contributed by atoms with Crippen LogP contribution in [-0.2, 0) is 9.53 Å². The zero-order valence-corrected chi connectivity index (χ0v) is 12.3. The number of carbonyl (C=O) groups excluding carboxylic acids is 1. The molecule has 0 N–H and O–H groups in total. The largest absolute Gasteiger partial charge is 0.467 e. The van der Waals surface area contributed by atoms with Gasteiger partial charge in [0, 0.05) is 37.7 Å². The van der Waals surface area contributed by atoms with Gasteiger partial charge in [-0.05, 0) is 42.6 Å². The summed E-state index contributed by atoms with van der Waals surface area (Å²) in [6, 6.07) is 1.78. The smallest absolute Gasteiger partial charge is 0.260 e. The molecule has 3 rings (SSSR count). The Morgan fingerprint density at radius 2 is 2.20 bits per heavy atom. The molecular weight excluding hydrogens is 276 g/mol. The van der Waals surface area contributed by atoms with Crippen LogP contribution in [0.2, 0.25) is 0 Å². The first-order chi connectivity index (χ1) is 9.81. The zero-order chi connectivity index (χ0) is 13.8. The molecule has 0 aromatic carbocycles. The highest BCUT2D eigenvalue weighted by molar-refractivity contribution is 7.03. The molecule has 5 nitrogen and oxygen atoms in total.